The number of aryl methyl sites for hydroxylation is 1. The maximum Gasteiger partial charge on any atom is 0.243 e. The molecule has 0 spiro atoms. The average molecular weight is 542 g/mol. The molecule has 1 heterocycles. The SMILES string of the molecule is CN=C(NCc1ccc(S(=O)(=O)N2CCCCC2)cc1)NCc1cccc(C)c1.I. The predicted octanol–water partition coefficient (Wildman–Crippen LogP) is 3.65. The molecule has 164 valence electrons. The molecule has 0 bridgehead atoms. The molecule has 2 N–H and O–H groups in total. The van der Waals surface area contributed by atoms with E-state index >= 15 is 0 Å². The van der Waals surface area contributed by atoms with Crippen LogP contribution in [0.3, 0.4) is 0 Å². The molecular formula is C22H31IN4O2S. The highest BCUT2D eigenvalue weighted by molar-refractivity contribution is 14.0. The van der Waals surface area contributed by atoms with Gasteiger partial charge in [0.05, 0.1) is 4.90 Å². The summed E-state index contributed by atoms with van der Waals surface area (Å²) < 4.78 is 27.1. The van der Waals surface area contributed by atoms with Gasteiger partial charge < -0.3 is 10.6 Å². The molecule has 1 aliphatic heterocycles. The predicted molar refractivity (Wildman–Crippen MR) is 133 cm³/mol. The van der Waals surface area contributed by atoms with Crippen molar-refractivity contribution in [2.45, 2.75) is 44.2 Å². The molecule has 0 amide bonds. The lowest BCUT2D eigenvalue weighted by atomic mass is 10.1. The summed E-state index contributed by atoms with van der Waals surface area (Å²) in [5, 5.41) is 6.57. The summed E-state index contributed by atoms with van der Waals surface area (Å²) in [5.74, 6) is 0.705. The van der Waals surface area contributed by atoms with Gasteiger partial charge in [-0.2, -0.15) is 4.31 Å². The molecule has 0 radical (unpaired) electrons. The third-order valence-electron chi connectivity index (χ3n) is 5.10. The number of benzene rings is 2. The first-order chi connectivity index (χ1) is 14.0. The summed E-state index contributed by atoms with van der Waals surface area (Å²) in [5.41, 5.74) is 3.42. The molecule has 1 aliphatic rings. The number of nitrogens with zero attached hydrogens (tertiary/aromatic N) is 2. The maximum absolute atomic E-state index is 12.7. The summed E-state index contributed by atoms with van der Waals surface area (Å²) in [6.07, 6.45) is 2.99. The van der Waals surface area contributed by atoms with E-state index in [0.717, 1.165) is 24.8 Å². The zero-order chi connectivity index (χ0) is 20.7. The van der Waals surface area contributed by atoms with Crippen LogP contribution in [0.15, 0.2) is 58.4 Å². The van der Waals surface area contributed by atoms with Crippen molar-refractivity contribution in [3.8, 4) is 0 Å². The number of sulfonamides is 1. The molecule has 1 saturated heterocycles. The first-order valence-corrected chi connectivity index (χ1v) is 11.5. The molecule has 0 aliphatic carbocycles. The van der Waals surface area contributed by atoms with E-state index in [0.29, 0.717) is 37.0 Å². The first kappa shape index (κ1) is 24.6. The summed E-state index contributed by atoms with van der Waals surface area (Å²) in [6, 6.07) is 15.5. The Kier molecular flexibility index (Phi) is 9.57. The highest BCUT2D eigenvalue weighted by Gasteiger charge is 2.25. The minimum atomic E-state index is -3.38. The molecule has 1 fully saturated rings. The molecule has 2 aromatic carbocycles. The van der Waals surface area contributed by atoms with E-state index in [4.69, 9.17) is 0 Å². The summed E-state index contributed by atoms with van der Waals surface area (Å²) >= 11 is 0. The van der Waals surface area contributed by atoms with Crippen molar-refractivity contribution in [3.63, 3.8) is 0 Å². The Balaban J connectivity index is 0.00000320. The zero-order valence-electron chi connectivity index (χ0n) is 17.6. The van der Waals surface area contributed by atoms with Crippen molar-refractivity contribution in [2.24, 2.45) is 4.99 Å². The summed E-state index contributed by atoms with van der Waals surface area (Å²) in [7, 11) is -1.64. The Morgan fingerprint density at radius 3 is 2.20 bits per heavy atom. The minimum absolute atomic E-state index is 0. The van der Waals surface area contributed by atoms with Gasteiger partial charge in [-0.25, -0.2) is 8.42 Å². The van der Waals surface area contributed by atoms with Gasteiger partial charge in [0.15, 0.2) is 5.96 Å². The van der Waals surface area contributed by atoms with Gasteiger partial charge in [0.1, 0.15) is 0 Å². The van der Waals surface area contributed by atoms with Crippen molar-refractivity contribution in [2.75, 3.05) is 20.1 Å². The normalized spacial score (nSPS) is 15.3. The van der Waals surface area contributed by atoms with Crippen LogP contribution in [0, 0.1) is 6.92 Å². The van der Waals surface area contributed by atoms with Gasteiger partial charge in [0, 0.05) is 33.2 Å². The number of nitrogens with one attached hydrogen (secondary N) is 2. The fourth-order valence-electron chi connectivity index (χ4n) is 3.45. The van der Waals surface area contributed by atoms with Crippen molar-refractivity contribution in [3.05, 3.63) is 65.2 Å². The number of piperidine rings is 1. The number of hydrogen-bond acceptors (Lipinski definition) is 3. The van der Waals surface area contributed by atoms with Gasteiger partial charge in [0.2, 0.25) is 10.0 Å². The van der Waals surface area contributed by atoms with Crippen LogP contribution in [-0.4, -0.2) is 38.8 Å². The largest absolute Gasteiger partial charge is 0.352 e. The van der Waals surface area contributed by atoms with Crippen LogP contribution in [0.25, 0.3) is 0 Å². The lowest BCUT2D eigenvalue weighted by Crippen LogP contribution is -2.36. The maximum atomic E-state index is 12.7. The Morgan fingerprint density at radius 1 is 0.967 bits per heavy atom. The van der Waals surface area contributed by atoms with Gasteiger partial charge >= 0.3 is 0 Å². The van der Waals surface area contributed by atoms with E-state index in [-0.39, 0.29) is 24.0 Å². The number of aliphatic imine (C=N–C) groups is 1. The number of halogens is 1. The van der Waals surface area contributed by atoms with Gasteiger partial charge in [-0.3, -0.25) is 4.99 Å². The Morgan fingerprint density at radius 2 is 1.60 bits per heavy atom. The second-order valence-corrected chi connectivity index (χ2v) is 9.32. The fraction of sp³-hybridized carbons (Fsp3) is 0.409. The summed E-state index contributed by atoms with van der Waals surface area (Å²) in [4.78, 5) is 4.62. The van der Waals surface area contributed by atoms with Crippen LogP contribution in [0.2, 0.25) is 0 Å². The molecule has 3 rings (SSSR count). The highest BCUT2D eigenvalue weighted by Crippen LogP contribution is 2.20. The van der Waals surface area contributed by atoms with Crippen LogP contribution in [0.1, 0.15) is 36.0 Å². The Bertz CT molecular complexity index is 940. The smallest absolute Gasteiger partial charge is 0.243 e. The molecule has 0 saturated carbocycles. The highest BCUT2D eigenvalue weighted by atomic mass is 127. The monoisotopic (exact) mass is 542 g/mol. The van der Waals surface area contributed by atoms with Crippen LogP contribution in [-0.2, 0) is 23.1 Å². The molecule has 6 nitrogen and oxygen atoms in total. The zero-order valence-corrected chi connectivity index (χ0v) is 20.7. The van der Waals surface area contributed by atoms with Gasteiger partial charge in [-0.15, -0.1) is 24.0 Å². The van der Waals surface area contributed by atoms with Crippen LogP contribution in [0.4, 0.5) is 0 Å². The molecule has 0 atom stereocenters. The van der Waals surface area contributed by atoms with Gasteiger partial charge in [0.25, 0.3) is 0 Å². The lowest BCUT2D eigenvalue weighted by molar-refractivity contribution is 0.346. The third-order valence-corrected chi connectivity index (χ3v) is 7.02. The van der Waals surface area contributed by atoms with E-state index < -0.39 is 10.0 Å². The summed E-state index contributed by atoms with van der Waals surface area (Å²) in [6.45, 7) is 4.57. The van der Waals surface area contributed by atoms with Gasteiger partial charge in [-0.05, 0) is 43.0 Å². The molecule has 30 heavy (non-hydrogen) atoms. The molecular weight excluding hydrogens is 511 g/mol. The number of guanidine groups is 1. The molecule has 0 unspecified atom stereocenters. The first-order valence-electron chi connectivity index (χ1n) is 10.1. The Labute approximate surface area is 197 Å². The van der Waals surface area contributed by atoms with Crippen molar-refractivity contribution < 1.29 is 8.42 Å². The standard InChI is InChI=1S/C22H30N4O2S.HI/c1-18-7-6-8-20(15-18)17-25-22(23-2)24-16-19-9-11-21(12-10-19)29(27,28)26-13-4-3-5-14-26;/h6-12,15H,3-5,13-14,16-17H2,1-2H3,(H2,23,24,25);1H. The van der Waals surface area contributed by atoms with E-state index in [1.54, 1.807) is 23.5 Å². The van der Waals surface area contributed by atoms with Crippen molar-refractivity contribution >= 4 is 40.0 Å². The van der Waals surface area contributed by atoms with Crippen molar-refractivity contribution in [1.29, 1.82) is 0 Å². The topological polar surface area (TPSA) is 73.8 Å². The number of rotatable bonds is 6. The van der Waals surface area contributed by atoms with Crippen LogP contribution >= 0.6 is 24.0 Å². The van der Waals surface area contributed by atoms with E-state index in [1.807, 2.05) is 18.2 Å². The Hall–Kier alpha value is -1.65. The third kappa shape index (κ3) is 6.68. The molecule has 8 heteroatoms. The van der Waals surface area contributed by atoms with Crippen molar-refractivity contribution in [1.82, 2.24) is 14.9 Å². The van der Waals surface area contributed by atoms with Crippen LogP contribution in [0.5, 0.6) is 0 Å². The fourth-order valence-corrected chi connectivity index (χ4v) is 4.96. The second kappa shape index (κ2) is 11.7. The van der Waals surface area contributed by atoms with Crippen LogP contribution < -0.4 is 10.6 Å². The minimum Gasteiger partial charge on any atom is -0.352 e. The van der Waals surface area contributed by atoms with Gasteiger partial charge in [-0.1, -0.05) is 48.4 Å². The molecule has 0 aromatic heterocycles. The molecule has 2 aromatic rings. The lowest BCUT2D eigenvalue weighted by Gasteiger charge is -2.25. The van der Waals surface area contributed by atoms with E-state index in [2.05, 4.69) is 40.7 Å². The number of hydrogen-bond donors (Lipinski definition) is 2. The van der Waals surface area contributed by atoms with E-state index in [9.17, 15) is 8.42 Å². The van der Waals surface area contributed by atoms with E-state index in [1.165, 1.54) is 11.1 Å². The quantitative estimate of drug-likeness (QED) is 0.332. The average Bonchev–Trinajstić information content (AvgIpc) is 2.75. The second-order valence-electron chi connectivity index (χ2n) is 7.38.